The molecule has 0 saturated carbocycles. The van der Waals surface area contributed by atoms with Crippen LogP contribution in [0.3, 0.4) is 0 Å². The van der Waals surface area contributed by atoms with Crippen LogP contribution >= 0.6 is 23.2 Å². The highest BCUT2D eigenvalue weighted by Gasteiger charge is 2.17. The smallest absolute Gasteiger partial charge is 0.269 e. The Morgan fingerprint density at radius 2 is 1.17 bits per heavy atom. The average molecular weight is 141 g/mol. The summed E-state index contributed by atoms with van der Waals surface area (Å²) >= 11 is 7.92. The Balaban J connectivity index is 0. The molecule has 0 radical (unpaired) electrons. The SMILES string of the molecule is F.FC(F)(Cl)Cl. The summed E-state index contributed by atoms with van der Waals surface area (Å²) in [7, 11) is 0. The molecule has 0 spiro atoms. The van der Waals surface area contributed by atoms with Gasteiger partial charge in [0.25, 0.3) is 0 Å². The van der Waals surface area contributed by atoms with E-state index in [1.807, 2.05) is 0 Å². The lowest BCUT2D eigenvalue weighted by molar-refractivity contribution is 0.194. The van der Waals surface area contributed by atoms with Crippen molar-refractivity contribution in [3.8, 4) is 0 Å². The molecule has 0 heterocycles. The minimum absolute atomic E-state index is 0. The fraction of sp³-hybridized carbons (Fsp3) is 1.00. The predicted octanol–water partition coefficient (Wildman–Crippen LogP) is 2.17. The van der Waals surface area contributed by atoms with Crippen LogP contribution in [0.25, 0.3) is 0 Å². The van der Waals surface area contributed by atoms with Gasteiger partial charge in [0.2, 0.25) is 0 Å². The first-order chi connectivity index (χ1) is 2.00. The summed E-state index contributed by atoms with van der Waals surface area (Å²) in [5.41, 5.74) is 0. The number of hydrogen-bond donors (Lipinski definition) is 0. The van der Waals surface area contributed by atoms with E-state index in [1.165, 1.54) is 0 Å². The minimum Gasteiger partial charge on any atom is -0.269 e. The van der Waals surface area contributed by atoms with Crippen molar-refractivity contribution >= 4 is 23.2 Å². The first-order valence-electron chi connectivity index (χ1n) is 0.756. The van der Waals surface area contributed by atoms with Gasteiger partial charge >= 0.3 is 4.84 Å². The van der Waals surface area contributed by atoms with Gasteiger partial charge in [0.1, 0.15) is 0 Å². The van der Waals surface area contributed by atoms with Gasteiger partial charge in [-0.1, -0.05) is 0 Å². The van der Waals surface area contributed by atoms with E-state index >= 15 is 0 Å². The summed E-state index contributed by atoms with van der Waals surface area (Å²) in [6, 6.07) is 0. The molecule has 0 aromatic heterocycles. The third kappa shape index (κ3) is 363. The predicted molar refractivity (Wildman–Crippen MR) is 19.2 cm³/mol. The van der Waals surface area contributed by atoms with Crippen molar-refractivity contribution in [2.45, 2.75) is 4.84 Å². The molecule has 40 valence electrons. The third-order valence-electron chi connectivity index (χ3n) is 0. The Labute approximate surface area is 42.4 Å². The third-order valence-corrected chi connectivity index (χ3v) is 0. The quantitative estimate of drug-likeness (QED) is 0.453. The van der Waals surface area contributed by atoms with Gasteiger partial charge in [-0.3, -0.25) is 4.70 Å². The van der Waals surface area contributed by atoms with Gasteiger partial charge in [0, 0.05) is 0 Å². The monoisotopic (exact) mass is 140 g/mol. The lowest BCUT2D eigenvalue weighted by Gasteiger charge is -1.87. The fourth-order valence-electron chi connectivity index (χ4n) is 0. The molecule has 0 aliphatic rings. The second kappa shape index (κ2) is 2.53. The van der Waals surface area contributed by atoms with Crippen LogP contribution in [0.5, 0.6) is 0 Å². The van der Waals surface area contributed by atoms with Crippen LogP contribution in [0, 0.1) is 0 Å². The van der Waals surface area contributed by atoms with Crippen molar-refractivity contribution in [2.24, 2.45) is 0 Å². The molecule has 0 aliphatic heterocycles. The van der Waals surface area contributed by atoms with E-state index in [9.17, 15) is 8.78 Å². The lowest BCUT2D eigenvalue weighted by atomic mass is 11.7. The molecule has 0 rings (SSSR count). The molecule has 0 nitrogen and oxygen atoms in total. The second-order valence-electron chi connectivity index (χ2n) is 0.429. The summed E-state index contributed by atoms with van der Waals surface area (Å²) in [5, 5.41) is 0. The molecule has 0 amide bonds. The zero-order chi connectivity index (χ0) is 4.50. The maximum Gasteiger partial charge on any atom is 0.401 e. The Morgan fingerprint density at radius 1 is 1.17 bits per heavy atom. The highest BCUT2D eigenvalue weighted by molar-refractivity contribution is 6.45. The minimum atomic E-state index is -3.56. The number of hydrogen-bond acceptors (Lipinski definition) is 0. The van der Waals surface area contributed by atoms with Crippen molar-refractivity contribution in [2.75, 3.05) is 0 Å². The lowest BCUT2D eigenvalue weighted by Crippen LogP contribution is -1.86. The molecule has 6 heavy (non-hydrogen) atoms. The molecular weight excluding hydrogens is 140 g/mol. The number of alkyl halides is 4. The summed E-state index contributed by atoms with van der Waals surface area (Å²) in [6.45, 7) is 0. The van der Waals surface area contributed by atoms with Crippen molar-refractivity contribution < 1.29 is 13.5 Å². The molecule has 0 bridgehead atoms. The van der Waals surface area contributed by atoms with E-state index in [-0.39, 0.29) is 4.70 Å². The maximum atomic E-state index is 10.6. The van der Waals surface area contributed by atoms with Crippen molar-refractivity contribution in [3.63, 3.8) is 0 Å². The van der Waals surface area contributed by atoms with Crippen LogP contribution in [0.15, 0.2) is 0 Å². The van der Waals surface area contributed by atoms with Crippen LogP contribution in [0.4, 0.5) is 13.5 Å². The molecule has 0 unspecified atom stereocenters. The molecule has 0 fully saturated rings. The van der Waals surface area contributed by atoms with E-state index in [1.54, 1.807) is 0 Å². The summed E-state index contributed by atoms with van der Waals surface area (Å²) < 4.78 is 21.1. The Bertz CT molecular complexity index is 24.3. The van der Waals surface area contributed by atoms with Crippen molar-refractivity contribution in [1.82, 2.24) is 0 Å². The van der Waals surface area contributed by atoms with Crippen LogP contribution in [0.1, 0.15) is 0 Å². The molecular formula is CHCl2F3. The number of halogens is 5. The van der Waals surface area contributed by atoms with Gasteiger partial charge < -0.3 is 0 Å². The molecule has 0 aromatic rings. The van der Waals surface area contributed by atoms with E-state index in [2.05, 4.69) is 23.2 Å². The summed E-state index contributed by atoms with van der Waals surface area (Å²) in [4.78, 5) is -3.56. The largest absolute Gasteiger partial charge is 0.401 e. The van der Waals surface area contributed by atoms with E-state index in [0.717, 1.165) is 0 Å². The molecule has 0 aromatic carbocycles. The maximum absolute atomic E-state index is 10.6. The zero-order valence-electron chi connectivity index (χ0n) is 2.42. The van der Waals surface area contributed by atoms with Gasteiger partial charge in [-0.15, -0.1) is 0 Å². The Kier molecular flexibility index (Phi) is 4.05. The van der Waals surface area contributed by atoms with Gasteiger partial charge in [-0.05, 0) is 23.2 Å². The highest BCUT2D eigenvalue weighted by atomic mass is 35.5. The average Bonchev–Trinajstić information content (AvgIpc) is 0.722. The second-order valence-corrected chi connectivity index (χ2v) is 1.57. The summed E-state index contributed by atoms with van der Waals surface area (Å²) in [5.74, 6) is 0. The van der Waals surface area contributed by atoms with E-state index < -0.39 is 4.84 Å². The van der Waals surface area contributed by atoms with Crippen LogP contribution in [-0.4, -0.2) is 4.84 Å². The van der Waals surface area contributed by atoms with Crippen molar-refractivity contribution in [3.05, 3.63) is 0 Å². The van der Waals surface area contributed by atoms with Gasteiger partial charge in [0.05, 0.1) is 0 Å². The molecule has 0 saturated heterocycles. The molecule has 0 N–H and O–H groups in total. The summed E-state index contributed by atoms with van der Waals surface area (Å²) in [6.07, 6.45) is 0. The van der Waals surface area contributed by atoms with Crippen LogP contribution in [0.2, 0.25) is 0 Å². The van der Waals surface area contributed by atoms with Gasteiger partial charge in [0.15, 0.2) is 0 Å². The van der Waals surface area contributed by atoms with Gasteiger partial charge in [-0.2, -0.15) is 8.78 Å². The van der Waals surface area contributed by atoms with Crippen molar-refractivity contribution in [1.29, 1.82) is 0 Å². The molecule has 0 atom stereocenters. The Morgan fingerprint density at radius 3 is 1.17 bits per heavy atom. The standard InChI is InChI=1S/CCl2F2.FH/c2-1(3,4)5;/h;1H. The topological polar surface area (TPSA) is 0 Å². The first-order valence-corrected chi connectivity index (χ1v) is 1.51. The Hall–Kier alpha value is 0.370. The van der Waals surface area contributed by atoms with Gasteiger partial charge in [-0.25, -0.2) is 0 Å². The molecule has 5 heteroatoms. The van der Waals surface area contributed by atoms with E-state index in [0.29, 0.717) is 0 Å². The fourth-order valence-corrected chi connectivity index (χ4v) is 0. The molecule has 0 aliphatic carbocycles. The first kappa shape index (κ1) is 9.62. The zero-order valence-corrected chi connectivity index (χ0v) is 3.93. The van der Waals surface area contributed by atoms with E-state index in [4.69, 9.17) is 0 Å². The highest BCUT2D eigenvalue weighted by Crippen LogP contribution is 2.22. The normalized spacial score (nSPS) is 10.0. The van der Waals surface area contributed by atoms with Crippen LogP contribution in [-0.2, 0) is 0 Å². The number of rotatable bonds is 0. The van der Waals surface area contributed by atoms with Crippen LogP contribution < -0.4 is 0 Å².